The lowest BCUT2D eigenvalue weighted by atomic mass is 10.1. The fourth-order valence-corrected chi connectivity index (χ4v) is 2.73. The number of nitriles is 1. The van der Waals surface area contributed by atoms with Gasteiger partial charge in [-0.2, -0.15) is 5.26 Å². The minimum Gasteiger partial charge on any atom is -0.287 e. The van der Waals surface area contributed by atoms with E-state index in [9.17, 15) is 0 Å². The van der Waals surface area contributed by atoms with Crippen molar-refractivity contribution >= 4 is 11.8 Å². The summed E-state index contributed by atoms with van der Waals surface area (Å²) in [5.74, 6) is 0.889. The SMILES string of the molecule is C=C(C)CC1(C)NC(C#N)CS1. The highest BCUT2D eigenvalue weighted by atomic mass is 32.2. The first-order valence-corrected chi connectivity index (χ1v) is 5.00. The van der Waals surface area contributed by atoms with Crippen molar-refractivity contribution in [3.8, 4) is 6.07 Å². The Hall–Kier alpha value is -0.460. The minimum absolute atomic E-state index is 0.0133. The van der Waals surface area contributed by atoms with Gasteiger partial charge in [-0.3, -0.25) is 5.32 Å². The first-order chi connectivity index (χ1) is 5.56. The maximum atomic E-state index is 8.68. The van der Waals surface area contributed by atoms with E-state index in [0.717, 1.165) is 17.7 Å². The average molecular weight is 182 g/mol. The predicted molar refractivity (Wildman–Crippen MR) is 52.8 cm³/mol. The summed E-state index contributed by atoms with van der Waals surface area (Å²) in [6.07, 6.45) is 0.940. The molecular formula is C9H14N2S. The molecule has 0 saturated carbocycles. The standard InChI is InChI=1S/C9H14N2S/c1-7(2)4-9(3)11-8(5-10)6-12-9/h8,11H,1,4,6H2,2-3H3. The first kappa shape index (κ1) is 9.63. The molecule has 2 unspecified atom stereocenters. The summed E-state index contributed by atoms with van der Waals surface area (Å²) in [4.78, 5) is 0.0340. The summed E-state index contributed by atoms with van der Waals surface area (Å²) in [6, 6.07) is 2.24. The van der Waals surface area contributed by atoms with Crippen molar-refractivity contribution in [3.63, 3.8) is 0 Å². The van der Waals surface area contributed by atoms with Crippen LogP contribution in [0.15, 0.2) is 12.2 Å². The number of hydrogen-bond donors (Lipinski definition) is 1. The Morgan fingerprint density at radius 3 is 3.00 bits per heavy atom. The van der Waals surface area contributed by atoms with E-state index in [1.165, 1.54) is 0 Å². The maximum absolute atomic E-state index is 8.68. The molecule has 1 aliphatic heterocycles. The normalized spacial score (nSPS) is 34.6. The van der Waals surface area contributed by atoms with Crippen molar-refractivity contribution < 1.29 is 0 Å². The highest BCUT2D eigenvalue weighted by Gasteiger charge is 2.34. The number of thioether (sulfide) groups is 1. The van der Waals surface area contributed by atoms with Crippen molar-refractivity contribution in [1.29, 1.82) is 5.26 Å². The molecule has 0 aromatic heterocycles. The predicted octanol–water partition coefficient (Wildman–Crippen LogP) is 1.90. The van der Waals surface area contributed by atoms with Crippen LogP contribution in [0.25, 0.3) is 0 Å². The molecule has 0 bridgehead atoms. The van der Waals surface area contributed by atoms with Crippen LogP contribution in [0.5, 0.6) is 0 Å². The van der Waals surface area contributed by atoms with Crippen LogP contribution in [-0.4, -0.2) is 16.7 Å². The van der Waals surface area contributed by atoms with Gasteiger partial charge in [0.05, 0.1) is 10.9 Å². The van der Waals surface area contributed by atoms with E-state index in [1.54, 1.807) is 0 Å². The van der Waals surface area contributed by atoms with E-state index in [1.807, 2.05) is 18.7 Å². The fraction of sp³-hybridized carbons (Fsp3) is 0.667. The second-order valence-corrected chi connectivity index (χ2v) is 5.02. The number of hydrogen-bond acceptors (Lipinski definition) is 3. The van der Waals surface area contributed by atoms with E-state index in [-0.39, 0.29) is 10.9 Å². The molecule has 0 spiro atoms. The molecule has 2 atom stereocenters. The Kier molecular flexibility index (Phi) is 2.81. The molecule has 1 heterocycles. The third-order valence-electron chi connectivity index (χ3n) is 1.84. The molecule has 0 aromatic rings. The van der Waals surface area contributed by atoms with Crippen molar-refractivity contribution in [1.82, 2.24) is 5.32 Å². The molecule has 1 aliphatic rings. The van der Waals surface area contributed by atoms with Gasteiger partial charge in [0.15, 0.2) is 0 Å². The van der Waals surface area contributed by atoms with Crippen molar-refractivity contribution in [2.75, 3.05) is 5.75 Å². The van der Waals surface area contributed by atoms with Crippen LogP contribution < -0.4 is 5.32 Å². The summed E-state index contributed by atoms with van der Waals surface area (Å²) in [6.45, 7) is 8.03. The smallest absolute Gasteiger partial charge is 0.106 e. The topological polar surface area (TPSA) is 35.8 Å². The molecule has 1 fully saturated rings. The van der Waals surface area contributed by atoms with Crippen LogP contribution in [0.4, 0.5) is 0 Å². The molecular weight excluding hydrogens is 168 g/mol. The van der Waals surface area contributed by atoms with Crippen LogP contribution >= 0.6 is 11.8 Å². The van der Waals surface area contributed by atoms with Gasteiger partial charge in [-0.25, -0.2) is 0 Å². The van der Waals surface area contributed by atoms with Gasteiger partial charge in [0.1, 0.15) is 6.04 Å². The number of nitrogens with zero attached hydrogens (tertiary/aromatic N) is 1. The molecule has 2 nitrogen and oxygen atoms in total. The zero-order valence-corrected chi connectivity index (χ0v) is 8.37. The molecule has 12 heavy (non-hydrogen) atoms. The summed E-state index contributed by atoms with van der Waals surface area (Å²) < 4.78 is 0. The van der Waals surface area contributed by atoms with E-state index < -0.39 is 0 Å². The summed E-state index contributed by atoms with van der Waals surface area (Å²) in [5, 5.41) is 12.0. The largest absolute Gasteiger partial charge is 0.287 e. The van der Waals surface area contributed by atoms with Crippen molar-refractivity contribution in [2.24, 2.45) is 0 Å². The van der Waals surface area contributed by atoms with Gasteiger partial charge in [-0.15, -0.1) is 18.3 Å². The third-order valence-corrected chi connectivity index (χ3v) is 3.24. The molecule has 0 aliphatic carbocycles. The molecule has 0 aromatic carbocycles. The summed E-state index contributed by atoms with van der Waals surface area (Å²) in [7, 11) is 0. The molecule has 1 rings (SSSR count). The van der Waals surface area contributed by atoms with Gasteiger partial charge < -0.3 is 0 Å². The highest BCUT2D eigenvalue weighted by molar-refractivity contribution is 8.00. The van der Waals surface area contributed by atoms with Crippen LogP contribution in [0.2, 0.25) is 0 Å². The lowest BCUT2D eigenvalue weighted by Crippen LogP contribution is -2.38. The second-order valence-electron chi connectivity index (χ2n) is 3.50. The Morgan fingerprint density at radius 2 is 2.58 bits per heavy atom. The van der Waals surface area contributed by atoms with Gasteiger partial charge >= 0.3 is 0 Å². The summed E-state index contributed by atoms with van der Waals surface area (Å²) >= 11 is 1.81. The van der Waals surface area contributed by atoms with Gasteiger partial charge in [0, 0.05) is 5.75 Å². The fourth-order valence-electron chi connectivity index (χ4n) is 1.47. The van der Waals surface area contributed by atoms with E-state index in [2.05, 4.69) is 24.9 Å². The third kappa shape index (κ3) is 2.26. The Morgan fingerprint density at radius 1 is 1.92 bits per heavy atom. The zero-order chi connectivity index (χ0) is 9.19. The van der Waals surface area contributed by atoms with Crippen LogP contribution in [0.1, 0.15) is 20.3 Å². The zero-order valence-electron chi connectivity index (χ0n) is 7.55. The Labute approximate surface area is 78.0 Å². The second kappa shape index (κ2) is 3.51. The summed E-state index contributed by atoms with van der Waals surface area (Å²) in [5.41, 5.74) is 1.16. The maximum Gasteiger partial charge on any atom is 0.106 e. The van der Waals surface area contributed by atoms with Gasteiger partial charge in [-0.05, 0) is 20.3 Å². The molecule has 0 amide bonds. The molecule has 0 radical (unpaired) electrons. The highest BCUT2D eigenvalue weighted by Crippen LogP contribution is 2.34. The first-order valence-electron chi connectivity index (χ1n) is 4.01. The lowest BCUT2D eigenvalue weighted by Gasteiger charge is -2.23. The van der Waals surface area contributed by atoms with E-state index in [4.69, 9.17) is 5.26 Å². The number of rotatable bonds is 2. The van der Waals surface area contributed by atoms with Gasteiger partial charge in [0.2, 0.25) is 0 Å². The molecule has 1 saturated heterocycles. The van der Waals surface area contributed by atoms with Crippen molar-refractivity contribution in [3.05, 3.63) is 12.2 Å². The monoisotopic (exact) mass is 182 g/mol. The van der Waals surface area contributed by atoms with Crippen LogP contribution in [-0.2, 0) is 0 Å². The average Bonchev–Trinajstić information content (AvgIpc) is 2.30. The van der Waals surface area contributed by atoms with Gasteiger partial charge in [-0.1, -0.05) is 5.57 Å². The minimum atomic E-state index is 0.0133. The Balaban J connectivity index is 2.53. The van der Waals surface area contributed by atoms with Crippen molar-refractivity contribution in [2.45, 2.75) is 31.2 Å². The number of nitrogens with one attached hydrogen (secondary N) is 1. The van der Waals surface area contributed by atoms with E-state index >= 15 is 0 Å². The molecule has 3 heteroatoms. The van der Waals surface area contributed by atoms with Crippen LogP contribution in [0.3, 0.4) is 0 Å². The van der Waals surface area contributed by atoms with Gasteiger partial charge in [0.25, 0.3) is 0 Å². The van der Waals surface area contributed by atoms with Crippen LogP contribution in [0, 0.1) is 11.3 Å². The molecule has 1 N–H and O–H groups in total. The Bertz CT molecular complexity index is 231. The lowest BCUT2D eigenvalue weighted by molar-refractivity contribution is 0.505. The van der Waals surface area contributed by atoms with E-state index in [0.29, 0.717) is 0 Å². The quantitative estimate of drug-likeness (QED) is 0.662. The molecule has 66 valence electrons.